The van der Waals surface area contributed by atoms with E-state index in [4.69, 9.17) is 4.74 Å². The number of aliphatic imine (C=N–C) groups is 1. The number of hydrogen-bond acceptors (Lipinski definition) is 3. The SMILES string of the molecule is CCNC(=NCC1Cc2ccccc21)NCCNC(=O)OC(C)(C)C.I. The van der Waals surface area contributed by atoms with Gasteiger partial charge in [-0.3, -0.25) is 4.99 Å². The Balaban J connectivity index is 0.00000338. The van der Waals surface area contributed by atoms with Crippen LogP contribution in [0.25, 0.3) is 0 Å². The van der Waals surface area contributed by atoms with E-state index in [0.29, 0.717) is 19.0 Å². The highest BCUT2D eigenvalue weighted by atomic mass is 127. The fourth-order valence-electron chi connectivity index (χ4n) is 2.73. The van der Waals surface area contributed by atoms with Gasteiger partial charge < -0.3 is 20.7 Å². The highest BCUT2D eigenvalue weighted by molar-refractivity contribution is 14.0. The monoisotopic (exact) mass is 474 g/mol. The van der Waals surface area contributed by atoms with Gasteiger partial charge in [0.05, 0.1) is 0 Å². The van der Waals surface area contributed by atoms with Crippen molar-refractivity contribution in [3.8, 4) is 0 Å². The number of benzene rings is 1. The minimum Gasteiger partial charge on any atom is -0.444 e. The molecular formula is C19H31IN4O2. The van der Waals surface area contributed by atoms with Crippen LogP contribution in [0, 0.1) is 0 Å². The van der Waals surface area contributed by atoms with Crippen LogP contribution in [0.2, 0.25) is 0 Å². The van der Waals surface area contributed by atoms with E-state index >= 15 is 0 Å². The topological polar surface area (TPSA) is 74.8 Å². The molecule has 0 saturated carbocycles. The van der Waals surface area contributed by atoms with E-state index < -0.39 is 11.7 Å². The van der Waals surface area contributed by atoms with Gasteiger partial charge in [-0.15, -0.1) is 24.0 Å². The number of guanidine groups is 1. The van der Waals surface area contributed by atoms with Gasteiger partial charge in [-0.1, -0.05) is 24.3 Å². The van der Waals surface area contributed by atoms with Crippen LogP contribution in [-0.2, 0) is 11.2 Å². The Hall–Kier alpha value is -1.51. The molecule has 0 bridgehead atoms. The number of carbonyl (C=O) groups is 1. The molecule has 2 rings (SSSR count). The lowest BCUT2D eigenvalue weighted by molar-refractivity contribution is 0.0529. The predicted molar refractivity (Wildman–Crippen MR) is 117 cm³/mol. The number of nitrogens with zero attached hydrogens (tertiary/aromatic N) is 1. The van der Waals surface area contributed by atoms with Crippen molar-refractivity contribution in [3.63, 3.8) is 0 Å². The van der Waals surface area contributed by atoms with Crippen molar-refractivity contribution in [2.24, 2.45) is 4.99 Å². The lowest BCUT2D eigenvalue weighted by atomic mass is 9.78. The van der Waals surface area contributed by atoms with Crippen molar-refractivity contribution in [2.75, 3.05) is 26.2 Å². The zero-order valence-electron chi connectivity index (χ0n) is 16.1. The van der Waals surface area contributed by atoms with Gasteiger partial charge in [0, 0.05) is 32.1 Å². The van der Waals surface area contributed by atoms with Gasteiger partial charge in [0.1, 0.15) is 5.60 Å². The number of alkyl carbamates (subject to hydrolysis) is 1. The molecule has 1 atom stereocenters. The summed E-state index contributed by atoms with van der Waals surface area (Å²) in [5.41, 5.74) is 2.36. The number of fused-ring (bicyclic) bond motifs is 1. The molecule has 146 valence electrons. The van der Waals surface area contributed by atoms with Crippen LogP contribution in [-0.4, -0.2) is 43.8 Å². The summed E-state index contributed by atoms with van der Waals surface area (Å²) < 4.78 is 5.20. The zero-order chi connectivity index (χ0) is 18.3. The van der Waals surface area contributed by atoms with Crippen molar-refractivity contribution in [1.29, 1.82) is 0 Å². The Morgan fingerprint density at radius 1 is 1.19 bits per heavy atom. The number of ether oxygens (including phenoxy) is 1. The predicted octanol–water partition coefficient (Wildman–Crippen LogP) is 3.02. The molecular weight excluding hydrogens is 443 g/mol. The summed E-state index contributed by atoms with van der Waals surface area (Å²) in [6.45, 7) is 10.2. The number of amides is 1. The van der Waals surface area contributed by atoms with Gasteiger partial charge in [0.15, 0.2) is 5.96 Å². The standard InChI is InChI=1S/C19H30N4O2.HI/c1-5-20-17(21-10-11-22-18(24)25-19(2,3)4)23-13-15-12-14-8-6-7-9-16(14)15;/h6-9,15H,5,10-13H2,1-4H3,(H,22,24)(H2,20,21,23);1H. The van der Waals surface area contributed by atoms with Crippen molar-refractivity contribution >= 4 is 36.0 Å². The summed E-state index contributed by atoms with van der Waals surface area (Å²) in [6, 6.07) is 8.54. The molecule has 7 heteroatoms. The molecule has 0 radical (unpaired) electrons. The Morgan fingerprint density at radius 3 is 2.54 bits per heavy atom. The first-order valence-corrected chi connectivity index (χ1v) is 8.96. The molecule has 1 aliphatic rings. The van der Waals surface area contributed by atoms with Crippen LogP contribution in [0.1, 0.15) is 44.7 Å². The van der Waals surface area contributed by atoms with E-state index in [0.717, 1.165) is 25.5 Å². The largest absolute Gasteiger partial charge is 0.444 e. The van der Waals surface area contributed by atoms with E-state index in [1.165, 1.54) is 11.1 Å². The minimum atomic E-state index is -0.479. The van der Waals surface area contributed by atoms with Gasteiger partial charge in [-0.25, -0.2) is 4.79 Å². The smallest absolute Gasteiger partial charge is 0.407 e. The van der Waals surface area contributed by atoms with Gasteiger partial charge >= 0.3 is 6.09 Å². The van der Waals surface area contributed by atoms with Crippen LogP contribution in [0.5, 0.6) is 0 Å². The Kier molecular flexibility index (Phi) is 9.18. The van der Waals surface area contributed by atoms with Crippen LogP contribution in [0.15, 0.2) is 29.3 Å². The number of rotatable bonds is 6. The lowest BCUT2D eigenvalue weighted by Crippen LogP contribution is -2.42. The van der Waals surface area contributed by atoms with Gasteiger partial charge in [0.2, 0.25) is 0 Å². The number of carbonyl (C=O) groups excluding carboxylic acids is 1. The van der Waals surface area contributed by atoms with Gasteiger partial charge in [-0.05, 0) is 45.2 Å². The van der Waals surface area contributed by atoms with Gasteiger partial charge in [-0.2, -0.15) is 0 Å². The normalized spacial score (nSPS) is 15.8. The highest BCUT2D eigenvalue weighted by Crippen LogP contribution is 2.34. The van der Waals surface area contributed by atoms with Crippen LogP contribution < -0.4 is 16.0 Å². The van der Waals surface area contributed by atoms with Crippen LogP contribution in [0.4, 0.5) is 4.79 Å². The second kappa shape index (κ2) is 10.6. The third-order valence-electron chi connectivity index (χ3n) is 3.86. The van der Waals surface area contributed by atoms with Crippen LogP contribution >= 0.6 is 24.0 Å². The fraction of sp³-hybridized carbons (Fsp3) is 0.579. The number of hydrogen-bond donors (Lipinski definition) is 3. The first kappa shape index (κ1) is 22.5. The molecule has 1 aliphatic carbocycles. The summed E-state index contributed by atoms with van der Waals surface area (Å²) >= 11 is 0. The van der Waals surface area contributed by atoms with E-state index in [-0.39, 0.29) is 24.0 Å². The Bertz CT molecular complexity index is 614. The maximum Gasteiger partial charge on any atom is 0.407 e. The van der Waals surface area contributed by atoms with E-state index in [9.17, 15) is 4.79 Å². The van der Waals surface area contributed by atoms with Crippen molar-refractivity contribution < 1.29 is 9.53 Å². The molecule has 0 aromatic heterocycles. The van der Waals surface area contributed by atoms with Crippen molar-refractivity contribution in [1.82, 2.24) is 16.0 Å². The fourth-order valence-corrected chi connectivity index (χ4v) is 2.73. The molecule has 3 N–H and O–H groups in total. The Morgan fingerprint density at radius 2 is 1.88 bits per heavy atom. The first-order chi connectivity index (χ1) is 11.9. The molecule has 0 spiro atoms. The van der Waals surface area contributed by atoms with E-state index in [2.05, 4.69) is 45.2 Å². The average Bonchev–Trinajstić information content (AvgIpc) is 2.50. The molecule has 0 heterocycles. The summed E-state index contributed by atoms with van der Waals surface area (Å²) in [6.07, 6.45) is 0.696. The third kappa shape index (κ3) is 7.39. The second-order valence-corrected chi connectivity index (χ2v) is 7.17. The van der Waals surface area contributed by atoms with E-state index in [1.54, 1.807) is 0 Å². The minimum absolute atomic E-state index is 0. The third-order valence-corrected chi connectivity index (χ3v) is 3.86. The summed E-state index contributed by atoms with van der Waals surface area (Å²) in [7, 11) is 0. The molecule has 1 aromatic rings. The second-order valence-electron chi connectivity index (χ2n) is 7.17. The van der Waals surface area contributed by atoms with Gasteiger partial charge in [0.25, 0.3) is 0 Å². The Labute approximate surface area is 173 Å². The molecule has 1 aromatic carbocycles. The molecule has 0 saturated heterocycles. The molecule has 1 amide bonds. The highest BCUT2D eigenvalue weighted by Gasteiger charge is 2.24. The number of nitrogens with one attached hydrogen (secondary N) is 3. The average molecular weight is 474 g/mol. The summed E-state index contributed by atoms with van der Waals surface area (Å²) in [5.74, 6) is 1.28. The first-order valence-electron chi connectivity index (χ1n) is 8.96. The zero-order valence-corrected chi connectivity index (χ0v) is 18.4. The maximum atomic E-state index is 11.6. The quantitative estimate of drug-likeness (QED) is 0.257. The van der Waals surface area contributed by atoms with Crippen molar-refractivity contribution in [2.45, 2.75) is 45.6 Å². The molecule has 0 fully saturated rings. The van der Waals surface area contributed by atoms with Crippen LogP contribution in [0.3, 0.4) is 0 Å². The summed E-state index contributed by atoms with van der Waals surface area (Å²) in [4.78, 5) is 16.3. The molecule has 0 aliphatic heterocycles. The molecule has 1 unspecified atom stereocenters. The lowest BCUT2D eigenvalue weighted by Gasteiger charge is -2.29. The number of halogens is 1. The summed E-state index contributed by atoms with van der Waals surface area (Å²) in [5, 5.41) is 9.20. The van der Waals surface area contributed by atoms with E-state index in [1.807, 2.05) is 27.7 Å². The molecule has 6 nitrogen and oxygen atoms in total. The van der Waals surface area contributed by atoms with Crippen molar-refractivity contribution in [3.05, 3.63) is 35.4 Å². The molecule has 26 heavy (non-hydrogen) atoms. The maximum absolute atomic E-state index is 11.6.